The number of benzene rings is 2. The summed E-state index contributed by atoms with van der Waals surface area (Å²) in [5, 5.41) is 2.62. The number of carbonyl (C=O) groups excluding carboxylic acids is 1. The number of halogens is 1. The van der Waals surface area contributed by atoms with Crippen molar-refractivity contribution in [2.45, 2.75) is 0 Å². The van der Waals surface area contributed by atoms with Crippen LogP contribution in [-0.2, 0) is 0 Å². The van der Waals surface area contributed by atoms with Crippen molar-refractivity contribution in [3.05, 3.63) is 53.8 Å². The Morgan fingerprint density at radius 2 is 2.05 bits per heavy atom. The monoisotopic (exact) mass is 260 g/mol. The molecule has 0 bridgehead atoms. The highest BCUT2D eigenvalue weighted by atomic mass is 19.1. The normalized spacial score (nSPS) is 10.0. The lowest BCUT2D eigenvalue weighted by Gasteiger charge is -2.10. The number of amides is 1. The number of nitrogens with two attached hydrogens (primary N) is 1. The van der Waals surface area contributed by atoms with E-state index in [9.17, 15) is 9.18 Å². The molecule has 0 aliphatic carbocycles. The fourth-order valence-corrected chi connectivity index (χ4v) is 1.59. The van der Waals surface area contributed by atoms with E-state index in [-0.39, 0.29) is 5.56 Å². The molecule has 19 heavy (non-hydrogen) atoms. The quantitative estimate of drug-likeness (QED) is 0.834. The van der Waals surface area contributed by atoms with Crippen LogP contribution in [0.3, 0.4) is 0 Å². The molecule has 0 aliphatic heterocycles. The van der Waals surface area contributed by atoms with Gasteiger partial charge in [0, 0.05) is 11.6 Å². The number of ether oxygens (including phenoxy) is 1. The van der Waals surface area contributed by atoms with Crippen LogP contribution in [0.5, 0.6) is 5.75 Å². The molecule has 98 valence electrons. The number of anilines is 2. The van der Waals surface area contributed by atoms with Gasteiger partial charge in [0.25, 0.3) is 5.91 Å². The van der Waals surface area contributed by atoms with Gasteiger partial charge in [-0.1, -0.05) is 6.07 Å². The Labute approximate surface area is 110 Å². The van der Waals surface area contributed by atoms with E-state index in [1.165, 1.54) is 25.3 Å². The van der Waals surface area contributed by atoms with E-state index in [2.05, 4.69) is 5.32 Å². The number of methoxy groups -OCH3 is 1. The number of hydrogen-bond donors (Lipinski definition) is 2. The molecule has 2 aromatic carbocycles. The molecule has 0 unspecified atom stereocenters. The Balaban J connectivity index is 2.23. The summed E-state index contributed by atoms with van der Waals surface area (Å²) in [6, 6.07) is 10.3. The highest BCUT2D eigenvalue weighted by Gasteiger charge is 2.09. The number of nitrogen functional groups attached to an aromatic ring is 1. The second-order valence-electron chi connectivity index (χ2n) is 3.92. The Morgan fingerprint density at radius 1 is 1.26 bits per heavy atom. The minimum Gasteiger partial charge on any atom is -0.497 e. The van der Waals surface area contributed by atoms with Gasteiger partial charge in [-0.3, -0.25) is 4.79 Å². The summed E-state index contributed by atoms with van der Waals surface area (Å²) < 4.78 is 18.1. The molecule has 0 saturated heterocycles. The maximum Gasteiger partial charge on any atom is 0.255 e. The Bertz CT molecular complexity index is 614. The van der Waals surface area contributed by atoms with Crippen molar-refractivity contribution in [3.8, 4) is 5.75 Å². The van der Waals surface area contributed by atoms with Crippen molar-refractivity contribution in [2.75, 3.05) is 18.2 Å². The molecule has 0 aromatic heterocycles. The number of nitrogens with one attached hydrogen (secondary N) is 1. The molecule has 0 fully saturated rings. The summed E-state index contributed by atoms with van der Waals surface area (Å²) in [7, 11) is 1.52. The van der Waals surface area contributed by atoms with Gasteiger partial charge in [-0.15, -0.1) is 0 Å². The molecule has 2 aromatic rings. The van der Waals surface area contributed by atoms with E-state index in [0.717, 1.165) is 6.07 Å². The van der Waals surface area contributed by atoms with Crippen LogP contribution in [0.4, 0.5) is 15.8 Å². The van der Waals surface area contributed by atoms with Crippen LogP contribution in [0, 0.1) is 5.82 Å². The van der Waals surface area contributed by atoms with Crippen LogP contribution in [-0.4, -0.2) is 13.0 Å². The number of hydrogen-bond acceptors (Lipinski definition) is 3. The van der Waals surface area contributed by atoms with Crippen molar-refractivity contribution in [2.24, 2.45) is 0 Å². The van der Waals surface area contributed by atoms with Crippen LogP contribution < -0.4 is 15.8 Å². The minimum atomic E-state index is -0.466. The fourth-order valence-electron chi connectivity index (χ4n) is 1.59. The van der Waals surface area contributed by atoms with Gasteiger partial charge < -0.3 is 15.8 Å². The molecule has 0 heterocycles. The number of carbonyl (C=O) groups is 1. The molecule has 0 aliphatic rings. The Kier molecular flexibility index (Phi) is 3.66. The summed E-state index contributed by atoms with van der Waals surface area (Å²) in [5.41, 5.74) is 6.81. The van der Waals surface area contributed by atoms with E-state index >= 15 is 0 Å². The van der Waals surface area contributed by atoms with E-state index in [0.29, 0.717) is 17.1 Å². The third kappa shape index (κ3) is 3.01. The average molecular weight is 260 g/mol. The predicted molar refractivity (Wildman–Crippen MR) is 71.8 cm³/mol. The maximum absolute atomic E-state index is 13.0. The summed E-state index contributed by atoms with van der Waals surface area (Å²) in [6.45, 7) is 0. The first kappa shape index (κ1) is 12.9. The van der Waals surface area contributed by atoms with E-state index in [1.54, 1.807) is 18.2 Å². The van der Waals surface area contributed by atoms with Crippen LogP contribution >= 0.6 is 0 Å². The van der Waals surface area contributed by atoms with Crippen LogP contribution in [0.1, 0.15) is 10.4 Å². The lowest BCUT2D eigenvalue weighted by molar-refractivity contribution is 0.102. The molecule has 1 amide bonds. The molecule has 0 atom stereocenters. The molecule has 3 N–H and O–H groups in total. The van der Waals surface area contributed by atoms with Crippen molar-refractivity contribution >= 4 is 17.3 Å². The molecule has 0 spiro atoms. The van der Waals surface area contributed by atoms with Gasteiger partial charge in [-0.2, -0.15) is 0 Å². The van der Waals surface area contributed by atoms with Crippen molar-refractivity contribution < 1.29 is 13.9 Å². The summed E-state index contributed by atoms with van der Waals surface area (Å²) >= 11 is 0. The lowest BCUT2D eigenvalue weighted by Crippen LogP contribution is -2.13. The van der Waals surface area contributed by atoms with Crippen molar-refractivity contribution in [1.29, 1.82) is 0 Å². The van der Waals surface area contributed by atoms with Crippen LogP contribution in [0.2, 0.25) is 0 Å². The largest absolute Gasteiger partial charge is 0.497 e. The van der Waals surface area contributed by atoms with Crippen LogP contribution in [0.15, 0.2) is 42.5 Å². The third-order valence-electron chi connectivity index (χ3n) is 2.60. The van der Waals surface area contributed by atoms with Crippen LogP contribution in [0.25, 0.3) is 0 Å². The molecular weight excluding hydrogens is 247 g/mol. The topological polar surface area (TPSA) is 64.3 Å². The average Bonchev–Trinajstić information content (AvgIpc) is 2.41. The molecule has 5 heteroatoms. The maximum atomic E-state index is 13.0. The van der Waals surface area contributed by atoms with Gasteiger partial charge in [0.05, 0.1) is 18.5 Å². The Morgan fingerprint density at radius 3 is 2.74 bits per heavy atom. The van der Waals surface area contributed by atoms with E-state index in [1.807, 2.05) is 0 Å². The highest BCUT2D eigenvalue weighted by Crippen LogP contribution is 2.24. The second kappa shape index (κ2) is 5.39. The summed E-state index contributed by atoms with van der Waals surface area (Å²) in [6.07, 6.45) is 0. The van der Waals surface area contributed by atoms with Crippen molar-refractivity contribution in [3.63, 3.8) is 0 Å². The van der Waals surface area contributed by atoms with Gasteiger partial charge in [0.1, 0.15) is 11.6 Å². The number of rotatable bonds is 3. The smallest absolute Gasteiger partial charge is 0.255 e. The highest BCUT2D eigenvalue weighted by molar-refractivity contribution is 6.05. The summed E-state index contributed by atoms with van der Waals surface area (Å²) in [5.74, 6) is -0.325. The molecule has 4 nitrogen and oxygen atoms in total. The SMILES string of the molecule is COc1ccc(N)c(NC(=O)c2cccc(F)c2)c1. The lowest BCUT2D eigenvalue weighted by atomic mass is 10.2. The van der Waals surface area contributed by atoms with Gasteiger partial charge in [-0.05, 0) is 30.3 Å². The molecule has 0 saturated carbocycles. The summed E-state index contributed by atoms with van der Waals surface area (Å²) in [4.78, 5) is 11.9. The zero-order valence-corrected chi connectivity index (χ0v) is 10.3. The standard InChI is InChI=1S/C14H13FN2O2/c1-19-11-5-6-12(16)13(8-11)17-14(18)9-3-2-4-10(15)7-9/h2-8H,16H2,1H3,(H,17,18). The van der Waals surface area contributed by atoms with Gasteiger partial charge >= 0.3 is 0 Å². The van der Waals surface area contributed by atoms with E-state index < -0.39 is 11.7 Å². The zero-order valence-electron chi connectivity index (χ0n) is 10.3. The van der Waals surface area contributed by atoms with Crippen molar-refractivity contribution in [1.82, 2.24) is 0 Å². The van der Waals surface area contributed by atoms with E-state index in [4.69, 9.17) is 10.5 Å². The fraction of sp³-hybridized carbons (Fsp3) is 0.0714. The van der Waals surface area contributed by atoms with Gasteiger partial charge in [0.2, 0.25) is 0 Å². The minimum absolute atomic E-state index is 0.224. The first-order valence-electron chi connectivity index (χ1n) is 5.60. The molecule has 0 radical (unpaired) electrons. The first-order chi connectivity index (χ1) is 9.10. The molecule has 2 rings (SSSR count). The van der Waals surface area contributed by atoms with Gasteiger partial charge in [0.15, 0.2) is 0 Å². The molecular formula is C14H13FN2O2. The zero-order chi connectivity index (χ0) is 13.8. The van der Waals surface area contributed by atoms with Gasteiger partial charge in [-0.25, -0.2) is 4.39 Å². The third-order valence-corrected chi connectivity index (χ3v) is 2.60. The second-order valence-corrected chi connectivity index (χ2v) is 3.92. The first-order valence-corrected chi connectivity index (χ1v) is 5.60. The predicted octanol–water partition coefficient (Wildman–Crippen LogP) is 2.67. The Hall–Kier alpha value is -2.56.